The van der Waals surface area contributed by atoms with Gasteiger partial charge >= 0.3 is 0 Å². The van der Waals surface area contributed by atoms with E-state index in [1.807, 2.05) is 0 Å². The monoisotopic (exact) mass is 318 g/mol. The van der Waals surface area contributed by atoms with Crippen molar-refractivity contribution in [3.8, 4) is 0 Å². The van der Waals surface area contributed by atoms with Crippen LogP contribution in [0.1, 0.15) is 5.82 Å². The Morgan fingerprint density at radius 3 is 2.95 bits per heavy atom. The zero-order chi connectivity index (χ0) is 14.8. The number of nitrogens with zero attached hydrogens (tertiary/aromatic N) is 3. The SMILES string of the molecule is COCc1nc(N)cc(N2CCSCC2S(C)(=O)=O)n1. The third kappa shape index (κ3) is 3.53. The Labute approximate surface area is 122 Å². The van der Waals surface area contributed by atoms with Crippen LogP contribution in [0.15, 0.2) is 6.07 Å². The van der Waals surface area contributed by atoms with Crippen LogP contribution in [0.25, 0.3) is 0 Å². The minimum Gasteiger partial charge on any atom is -0.384 e. The minimum atomic E-state index is -3.19. The van der Waals surface area contributed by atoms with Crippen LogP contribution in [-0.2, 0) is 21.2 Å². The zero-order valence-corrected chi connectivity index (χ0v) is 13.1. The summed E-state index contributed by atoms with van der Waals surface area (Å²) in [5, 5.41) is -0.578. The summed E-state index contributed by atoms with van der Waals surface area (Å²) >= 11 is 1.63. The first-order valence-corrected chi connectivity index (χ1v) is 9.18. The first-order valence-electron chi connectivity index (χ1n) is 6.07. The van der Waals surface area contributed by atoms with E-state index in [0.717, 1.165) is 5.75 Å². The van der Waals surface area contributed by atoms with E-state index in [4.69, 9.17) is 10.5 Å². The van der Waals surface area contributed by atoms with E-state index < -0.39 is 15.2 Å². The molecule has 7 nitrogen and oxygen atoms in total. The molecule has 0 spiro atoms. The van der Waals surface area contributed by atoms with Crippen molar-refractivity contribution in [2.24, 2.45) is 0 Å². The second-order valence-electron chi connectivity index (χ2n) is 4.55. The molecular weight excluding hydrogens is 300 g/mol. The van der Waals surface area contributed by atoms with Crippen molar-refractivity contribution < 1.29 is 13.2 Å². The number of sulfone groups is 1. The number of aromatic nitrogens is 2. The molecule has 20 heavy (non-hydrogen) atoms. The van der Waals surface area contributed by atoms with Crippen molar-refractivity contribution in [3.63, 3.8) is 0 Å². The summed E-state index contributed by atoms with van der Waals surface area (Å²) < 4.78 is 28.8. The summed E-state index contributed by atoms with van der Waals surface area (Å²) in [6.07, 6.45) is 1.25. The maximum Gasteiger partial charge on any atom is 0.169 e. The molecule has 2 rings (SSSR count). The molecular formula is C11H18N4O3S2. The van der Waals surface area contributed by atoms with E-state index in [9.17, 15) is 8.42 Å². The zero-order valence-electron chi connectivity index (χ0n) is 11.4. The van der Waals surface area contributed by atoms with Gasteiger partial charge in [0.2, 0.25) is 0 Å². The van der Waals surface area contributed by atoms with Gasteiger partial charge in [-0.1, -0.05) is 0 Å². The van der Waals surface area contributed by atoms with Crippen molar-refractivity contribution in [2.45, 2.75) is 12.0 Å². The highest BCUT2D eigenvalue weighted by molar-refractivity contribution is 8.01. The Hall–Kier alpha value is -1.06. The van der Waals surface area contributed by atoms with Crippen molar-refractivity contribution in [2.75, 3.05) is 42.0 Å². The van der Waals surface area contributed by atoms with Crippen LogP contribution in [-0.4, -0.2) is 55.2 Å². The highest BCUT2D eigenvalue weighted by atomic mass is 32.2. The van der Waals surface area contributed by atoms with E-state index in [1.54, 1.807) is 29.8 Å². The number of hydrogen-bond acceptors (Lipinski definition) is 8. The van der Waals surface area contributed by atoms with E-state index in [-0.39, 0.29) is 6.61 Å². The Bertz CT molecular complexity index is 579. The van der Waals surface area contributed by atoms with Crippen molar-refractivity contribution in [1.29, 1.82) is 0 Å². The summed E-state index contributed by atoms with van der Waals surface area (Å²) in [6.45, 7) is 0.857. The van der Waals surface area contributed by atoms with E-state index >= 15 is 0 Å². The second kappa shape index (κ2) is 6.15. The average molecular weight is 318 g/mol. The van der Waals surface area contributed by atoms with Gasteiger partial charge in [-0.05, 0) is 0 Å². The fourth-order valence-electron chi connectivity index (χ4n) is 2.04. The normalized spacial score (nSPS) is 20.1. The lowest BCUT2D eigenvalue weighted by molar-refractivity contribution is 0.178. The van der Waals surface area contributed by atoms with Crippen molar-refractivity contribution in [1.82, 2.24) is 9.97 Å². The molecule has 0 amide bonds. The molecule has 1 aromatic heterocycles. The largest absolute Gasteiger partial charge is 0.384 e. The minimum absolute atomic E-state index is 0.240. The molecule has 1 saturated heterocycles. The van der Waals surface area contributed by atoms with Gasteiger partial charge in [-0.15, -0.1) is 0 Å². The Morgan fingerprint density at radius 2 is 2.30 bits per heavy atom. The lowest BCUT2D eigenvalue weighted by Crippen LogP contribution is -2.47. The third-order valence-electron chi connectivity index (χ3n) is 2.93. The Morgan fingerprint density at radius 1 is 1.55 bits per heavy atom. The first-order chi connectivity index (χ1) is 9.41. The molecule has 2 heterocycles. The van der Waals surface area contributed by atoms with Gasteiger partial charge in [-0.25, -0.2) is 18.4 Å². The highest BCUT2D eigenvalue weighted by Gasteiger charge is 2.32. The Balaban J connectivity index is 2.37. The van der Waals surface area contributed by atoms with Crippen molar-refractivity contribution in [3.05, 3.63) is 11.9 Å². The van der Waals surface area contributed by atoms with Crippen LogP contribution in [0.2, 0.25) is 0 Å². The summed E-state index contributed by atoms with van der Waals surface area (Å²) in [5.41, 5.74) is 5.76. The summed E-state index contributed by atoms with van der Waals surface area (Å²) in [7, 11) is -1.64. The molecule has 112 valence electrons. The molecule has 1 aromatic rings. The smallest absolute Gasteiger partial charge is 0.169 e. The standard InChI is InChI=1S/C11H18N4O3S2/c1-18-6-9-13-8(12)5-10(14-9)15-3-4-19-7-11(15)20(2,16)17/h5,11H,3-4,6-7H2,1-2H3,(H2,12,13,14). The number of rotatable bonds is 4. The Kier molecular flexibility index (Phi) is 4.71. The quantitative estimate of drug-likeness (QED) is 0.836. The van der Waals surface area contributed by atoms with Gasteiger partial charge < -0.3 is 15.4 Å². The number of ether oxygens (including phenoxy) is 1. The second-order valence-corrected chi connectivity index (χ2v) is 7.91. The fourth-order valence-corrected chi connectivity index (χ4v) is 4.87. The van der Waals surface area contributed by atoms with Gasteiger partial charge in [0.1, 0.15) is 23.6 Å². The maximum absolute atomic E-state index is 11.9. The lowest BCUT2D eigenvalue weighted by Gasteiger charge is -2.35. The predicted molar refractivity (Wildman–Crippen MR) is 80.5 cm³/mol. The molecule has 1 aliphatic rings. The summed E-state index contributed by atoms with van der Waals surface area (Å²) in [6, 6.07) is 1.60. The third-order valence-corrected chi connectivity index (χ3v) is 5.57. The van der Waals surface area contributed by atoms with Gasteiger partial charge in [0.25, 0.3) is 0 Å². The van der Waals surface area contributed by atoms with Crippen LogP contribution >= 0.6 is 11.8 Å². The van der Waals surface area contributed by atoms with Crippen LogP contribution in [0.5, 0.6) is 0 Å². The van der Waals surface area contributed by atoms with Gasteiger partial charge in [-0.2, -0.15) is 11.8 Å². The summed E-state index contributed by atoms with van der Waals surface area (Å²) in [4.78, 5) is 10.2. The van der Waals surface area contributed by atoms with E-state index in [2.05, 4.69) is 9.97 Å². The van der Waals surface area contributed by atoms with Gasteiger partial charge in [-0.3, -0.25) is 0 Å². The molecule has 9 heteroatoms. The number of nitrogen functional groups attached to an aromatic ring is 1. The highest BCUT2D eigenvalue weighted by Crippen LogP contribution is 2.26. The van der Waals surface area contributed by atoms with Crippen LogP contribution in [0, 0.1) is 0 Å². The van der Waals surface area contributed by atoms with Crippen LogP contribution < -0.4 is 10.6 Å². The topological polar surface area (TPSA) is 98.4 Å². The predicted octanol–water partition coefficient (Wildman–Crippen LogP) is 0.129. The summed E-state index contributed by atoms with van der Waals surface area (Å²) in [5.74, 6) is 2.69. The lowest BCUT2D eigenvalue weighted by atomic mass is 10.4. The molecule has 0 saturated carbocycles. The molecule has 1 atom stereocenters. The molecule has 0 radical (unpaired) electrons. The average Bonchev–Trinajstić information content (AvgIpc) is 2.37. The molecule has 0 aliphatic carbocycles. The van der Waals surface area contributed by atoms with Crippen LogP contribution in [0.4, 0.5) is 11.6 Å². The number of thioether (sulfide) groups is 1. The molecule has 1 aliphatic heterocycles. The van der Waals surface area contributed by atoms with E-state index in [1.165, 1.54) is 6.26 Å². The van der Waals surface area contributed by atoms with Gasteiger partial charge in [0, 0.05) is 37.5 Å². The first kappa shape index (κ1) is 15.3. The molecule has 1 fully saturated rings. The van der Waals surface area contributed by atoms with Crippen molar-refractivity contribution >= 4 is 33.2 Å². The van der Waals surface area contributed by atoms with Gasteiger partial charge in [0.15, 0.2) is 15.7 Å². The number of nitrogens with two attached hydrogens (primary N) is 1. The molecule has 0 bridgehead atoms. The molecule has 1 unspecified atom stereocenters. The fraction of sp³-hybridized carbons (Fsp3) is 0.636. The molecule has 0 aromatic carbocycles. The van der Waals surface area contributed by atoms with Gasteiger partial charge in [0.05, 0.1) is 0 Å². The van der Waals surface area contributed by atoms with E-state index in [0.29, 0.717) is 29.8 Å². The molecule has 2 N–H and O–H groups in total. The number of hydrogen-bond donors (Lipinski definition) is 1. The number of anilines is 2. The van der Waals surface area contributed by atoms with Crippen LogP contribution in [0.3, 0.4) is 0 Å². The maximum atomic E-state index is 11.9. The number of methoxy groups -OCH3 is 1.